The summed E-state index contributed by atoms with van der Waals surface area (Å²) in [6.07, 6.45) is 0. The average molecular weight is 247 g/mol. The van der Waals surface area contributed by atoms with Crippen LogP contribution in [0.3, 0.4) is 0 Å². The normalized spacial score (nSPS) is 8.92. The standard InChI is InChI=1S/C9H5BrClF/c10-8-4-3-7(2-1-5-11)6-9(8)12/h3-4,6H,5H2. The van der Waals surface area contributed by atoms with E-state index >= 15 is 0 Å². The van der Waals surface area contributed by atoms with Crippen LogP contribution in [-0.4, -0.2) is 5.88 Å². The van der Waals surface area contributed by atoms with Crippen LogP contribution in [0.15, 0.2) is 22.7 Å². The van der Waals surface area contributed by atoms with Crippen LogP contribution in [0.2, 0.25) is 0 Å². The van der Waals surface area contributed by atoms with Crippen molar-refractivity contribution in [2.75, 3.05) is 5.88 Å². The van der Waals surface area contributed by atoms with Gasteiger partial charge in [-0.25, -0.2) is 4.39 Å². The molecule has 0 fully saturated rings. The van der Waals surface area contributed by atoms with E-state index in [-0.39, 0.29) is 11.7 Å². The van der Waals surface area contributed by atoms with Crippen LogP contribution in [0.1, 0.15) is 5.56 Å². The third kappa shape index (κ3) is 2.51. The molecule has 0 atom stereocenters. The lowest BCUT2D eigenvalue weighted by Crippen LogP contribution is -1.80. The second kappa shape index (κ2) is 4.49. The first-order valence-electron chi connectivity index (χ1n) is 3.24. The Kier molecular flexibility index (Phi) is 3.58. The molecule has 0 aliphatic carbocycles. The van der Waals surface area contributed by atoms with Gasteiger partial charge in [-0.1, -0.05) is 11.8 Å². The molecule has 0 N–H and O–H groups in total. The molecular weight excluding hydrogens is 242 g/mol. The third-order valence-corrected chi connectivity index (χ3v) is 2.00. The Hall–Kier alpha value is -0.520. The topological polar surface area (TPSA) is 0 Å². The first-order chi connectivity index (χ1) is 5.74. The van der Waals surface area contributed by atoms with Crippen molar-refractivity contribution in [3.05, 3.63) is 34.1 Å². The van der Waals surface area contributed by atoms with Gasteiger partial charge in [0.2, 0.25) is 0 Å². The number of hydrogen-bond acceptors (Lipinski definition) is 0. The highest BCUT2D eigenvalue weighted by Gasteiger charge is 1.97. The Labute approximate surface area is 83.9 Å². The average Bonchev–Trinajstić information content (AvgIpc) is 2.07. The summed E-state index contributed by atoms with van der Waals surface area (Å²) in [4.78, 5) is 0. The van der Waals surface area contributed by atoms with Gasteiger partial charge >= 0.3 is 0 Å². The molecule has 0 aliphatic rings. The minimum absolute atomic E-state index is 0.262. The molecule has 62 valence electrons. The van der Waals surface area contributed by atoms with Gasteiger partial charge in [0.1, 0.15) is 5.82 Å². The maximum absolute atomic E-state index is 12.9. The quantitative estimate of drug-likeness (QED) is 0.488. The highest BCUT2D eigenvalue weighted by molar-refractivity contribution is 9.10. The SMILES string of the molecule is Fc1cc(C#CCCl)ccc1Br. The highest BCUT2D eigenvalue weighted by atomic mass is 79.9. The molecule has 0 nitrogen and oxygen atoms in total. The molecule has 0 bridgehead atoms. The van der Waals surface area contributed by atoms with Crippen LogP contribution in [0.5, 0.6) is 0 Å². The summed E-state index contributed by atoms with van der Waals surface area (Å²) in [6.45, 7) is 0. The monoisotopic (exact) mass is 246 g/mol. The van der Waals surface area contributed by atoms with E-state index in [1.54, 1.807) is 12.1 Å². The first-order valence-corrected chi connectivity index (χ1v) is 4.56. The van der Waals surface area contributed by atoms with Crippen LogP contribution < -0.4 is 0 Å². The smallest absolute Gasteiger partial charge is 0.138 e. The maximum Gasteiger partial charge on any atom is 0.138 e. The summed E-state index contributed by atoms with van der Waals surface area (Å²) in [7, 11) is 0. The summed E-state index contributed by atoms with van der Waals surface area (Å²) >= 11 is 8.39. The Morgan fingerprint density at radius 3 is 2.83 bits per heavy atom. The van der Waals surface area contributed by atoms with Crippen molar-refractivity contribution in [1.82, 2.24) is 0 Å². The van der Waals surface area contributed by atoms with Gasteiger partial charge < -0.3 is 0 Å². The molecule has 1 aromatic carbocycles. The molecule has 0 aliphatic heterocycles. The Balaban J connectivity index is 2.97. The van der Waals surface area contributed by atoms with E-state index in [4.69, 9.17) is 11.6 Å². The summed E-state index contributed by atoms with van der Waals surface area (Å²) in [6, 6.07) is 4.71. The van der Waals surface area contributed by atoms with Crippen molar-refractivity contribution in [3.63, 3.8) is 0 Å². The Morgan fingerprint density at radius 2 is 2.25 bits per heavy atom. The fourth-order valence-corrected chi connectivity index (χ4v) is 1.02. The van der Waals surface area contributed by atoms with Crippen molar-refractivity contribution >= 4 is 27.5 Å². The molecular formula is C9H5BrClF. The van der Waals surface area contributed by atoms with E-state index in [9.17, 15) is 4.39 Å². The van der Waals surface area contributed by atoms with E-state index in [1.807, 2.05) is 0 Å². The molecule has 1 rings (SSSR count). The largest absolute Gasteiger partial charge is 0.206 e. The van der Waals surface area contributed by atoms with Gasteiger partial charge in [-0.05, 0) is 34.1 Å². The molecule has 0 saturated heterocycles. The number of halogens is 3. The van der Waals surface area contributed by atoms with Crippen molar-refractivity contribution in [2.45, 2.75) is 0 Å². The number of benzene rings is 1. The van der Waals surface area contributed by atoms with Gasteiger partial charge in [0, 0.05) is 5.56 Å². The molecule has 0 aromatic heterocycles. The second-order valence-corrected chi connectivity index (χ2v) is 3.19. The summed E-state index contributed by atoms with van der Waals surface area (Å²) < 4.78 is 13.3. The van der Waals surface area contributed by atoms with Gasteiger partial charge in [0.25, 0.3) is 0 Å². The first kappa shape index (κ1) is 9.57. The van der Waals surface area contributed by atoms with E-state index in [0.717, 1.165) is 0 Å². The van der Waals surface area contributed by atoms with Gasteiger partial charge in [0.15, 0.2) is 0 Å². The van der Waals surface area contributed by atoms with Crippen LogP contribution in [0.25, 0.3) is 0 Å². The molecule has 0 unspecified atom stereocenters. The lowest BCUT2D eigenvalue weighted by atomic mass is 10.2. The van der Waals surface area contributed by atoms with Gasteiger partial charge in [-0.15, -0.1) is 11.6 Å². The fourth-order valence-electron chi connectivity index (χ4n) is 0.709. The van der Waals surface area contributed by atoms with Crippen molar-refractivity contribution in [3.8, 4) is 11.8 Å². The Morgan fingerprint density at radius 1 is 1.50 bits per heavy atom. The van der Waals surface area contributed by atoms with Crippen LogP contribution >= 0.6 is 27.5 Å². The fraction of sp³-hybridized carbons (Fsp3) is 0.111. The minimum atomic E-state index is -0.309. The minimum Gasteiger partial charge on any atom is -0.206 e. The number of hydrogen-bond donors (Lipinski definition) is 0. The molecule has 0 radical (unpaired) electrons. The van der Waals surface area contributed by atoms with Gasteiger partial charge in [0.05, 0.1) is 10.4 Å². The van der Waals surface area contributed by atoms with E-state index in [0.29, 0.717) is 10.0 Å². The lowest BCUT2D eigenvalue weighted by Gasteiger charge is -1.93. The van der Waals surface area contributed by atoms with Crippen LogP contribution in [0, 0.1) is 17.7 Å². The predicted molar refractivity (Wildman–Crippen MR) is 51.7 cm³/mol. The zero-order valence-electron chi connectivity index (χ0n) is 6.07. The summed E-state index contributed by atoms with van der Waals surface area (Å²) in [5.74, 6) is 5.32. The Bertz CT molecular complexity index is 338. The molecule has 12 heavy (non-hydrogen) atoms. The highest BCUT2D eigenvalue weighted by Crippen LogP contribution is 2.15. The zero-order valence-corrected chi connectivity index (χ0v) is 8.41. The second-order valence-electron chi connectivity index (χ2n) is 2.06. The van der Waals surface area contributed by atoms with E-state index in [1.165, 1.54) is 6.07 Å². The van der Waals surface area contributed by atoms with Crippen LogP contribution in [-0.2, 0) is 0 Å². The van der Waals surface area contributed by atoms with Crippen molar-refractivity contribution in [1.29, 1.82) is 0 Å². The van der Waals surface area contributed by atoms with Gasteiger partial charge in [-0.2, -0.15) is 0 Å². The predicted octanol–water partition coefficient (Wildman–Crippen LogP) is 3.18. The third-order valence-electron chi connectivity index (χ3n) is 1.22. The zero-order chi connectivity index (χ0) is 8.97. The molecule has 1 aromatic rings. The number of alkyl halides is 1. The van der Waals surface area contributed by atoms with Gasteiger partial charge in [-0.3, -0.25) is 0 Å². The van der Waals surface area contributed by atoms with E-state index < -0.39 is 0 Å². The molecule has 0 spiro atoms. The molecule has 3 heteroatoms. The number of rotatable bonds is 0. The lowest BCUT2D eigenvalue weighted by molar-refractivity contribution is 0.621. The molecule has 0 saturated carbocycles. The van der Waals surface area contributed by atoms with Crippen LogP contribution in [0.4, 0.5) is 4.39 Å². The van der Waals surface area contributed by atoms with Crippen molar-refractivity contribution < 1.29 is 4.39 Å². The summed E-state index contributed by atoms with van der Waals surface area (Å²) in [5, 5.41) is 0. The summed E-state index contributed by atoms with van der Waals surface area (Å²) in [5.41, 5.74) is 0.636. The van der Waals surface area contributed by atoms with Crippen molar-refractivity contribution in [2.24, 2.45) is 0 Å². The van der Waals surface area contributed by atoms with E-state index in [2.05, 4.69) is 27.8 Å². The molecule has 0 heterocycles. The maximum atomic E-state index is 12.9. The molecule has 0 amide bonds.